The van der Waals surface area contributed by atoms with Crippen molar-refractivity contribution in [1.29, 1.82) is 0 Å². The van der Waals surface area contributed by atoms with Crippen LogP contribution in [0.25, 0.3) is 22.3 Å². The predicted molar refractivity (Wildman–Crippen MR) is 236 cm³/mol. The Morgan fingerprint density at radius 2 is 1.48 bits per heavy atom. The van der Waals surface area contributed by atoms with Gasteiger partial charge in [-0.25, -0.2) is 9.59 Å². The minimum Gasteiger partial charge on any atom is -0.480 e. The summed E-state index contributed by atoms with van der Waals surface area (Å²) >= 11 is 6.08. The Balaban J connectivity index is 1.48. The first kappa shape index (κ1) is 46.3. The van der Waals surface area contributed by atoms with Gasteiger partial charge in [0.1, 0.15) is 17.7 Å². The van der Waals surface area contributed by atoms with E-state index in [1.54, 1.807) is 59.0 Å². The summed E-state index contributed by atoms with van der Waals surface area (Å²) in [7, 11) is 1.55. The second kappa shape index (κ2) is 20.2. The lowest BCUT2D eigenvalue weighted by atomic mass is 9.86. The van der Waals surface area contributed by atoms with Crippen molar-refractivity contribution in [3.05, 3.63) is 118 Å². The van der Waals surface area contributed by atoms with Crippen LogP contribution < -0.4 is 10.6 Å². The molecule has 322 valence electrons. The average Bonchev–Trinajstić information content (AvgIpc) is 3.20. The highest BCUT2D eigenvalue weighted by Gasteiger charge is 2.36. The molecule has 61 heavy (non-hydrogen) atoms. The number of carboxylic acids is 1. The normalized spacial score (nSPS) is 17.3. The number of carbonyl (C=O) groups is 6. The van der Waals surface area contributed by atoms with Gasteiger partial charge in [0.15, 0.2) is 11.6 Å². The standard InChI is InChI=1S/C49H56ClN3O8/c1-29-11-13-32-25-39(29)40-27-36(14-12-30(40)2)44(43(55)24-31(3)45(56)52-41(26-32)47(58)59)53(7)46(57)37(10-8-9-23-51-48(60)61-49(4,5)6)28-42(54)35-17-15-33(16-18-35)34-19-21-38(50)22-20-34/h11-22,25,27,31,37,41,44H,8-10,23-24,26,28H2,1-7H3,(H,51,60)(H,52,56)(H,58,59)/t31-,37-,41+,44+/m1/s1. The number of nitrogens with one attached hydrogen (secondary N) is 2. The number of unbranched alkanes of at least 4 members (excludes halogenated alkanes) is 1. The van der Waals surface area contributed by atoms with Crippen LogP contribution in [0.1, 0.15) is 98.5 Å². The molecule has 1 aliphatic heterocycles. The van der Waals surface area contributed by atoms with Crippen LogP contribution in [0.5, 0.6) is 0 Å². The summed E-state index contributed by atoms with van der Waals surface area (Å²) in [6.07, 6.45) is 0.367. The highest BCUT2D eigenvalue weighted by atomic mass is 35.5. The number of benzene rings is 4. The zero-order chi connectivity index (χ0) is 44.6. The van der Waals surface area contributed by atoms with Gasteiger partial charge in [0.05, 0.1) is 0 Å². The lowest BCUT2D eigenvalue weighted by molar-refractivity contribution is -0.144. The summed E-state index contributed by atoms with van der Waals surface area (Å²) in [5, 5.41) is 16.0. The fourth-order valence-corrected chi connectivity index (χ4v) is 7.77. The summed E-state index contributed by atoms with van der Waals surface area (Å²) in [6.45, 7) is 11.1. The molecule has 4 bridgehead atoms. The number of halogens is 1. The van der Waals surface area contributed by atoms with E-state index in [0.717, 1.165) is 38.9 Å². The topological polar surface area (TPSA) is 159 Å². The molecule has 4 aromatic carbocycles. The summed E-state index contributed by atoms with van der Waals surface area (Å²) in [5.41, 5.74) is 6.36. The molecule has 4 atom stereocenters. The molecule has 11 nitrogen and oxygen atoms in total. The van der Waals surface area contributed by atoms with Gasteiger partial charge < -0.3 is 25.4 Å². The minimum absolute atomic E-state index is 0.0529. The second-order valence-corrected chi connectivity index (χ2v) is 17.5. The number of aryl methyl sites for hydroxylation is 2. The molecular formula is C49H56ClN3O8. The molecule has 3 N–H and O–H groups in total. The number of hydrogen-bond donors (Lipinski definition) is 3. The van der Waals surface area contributed by atoms with E-state index in [1.165, 1.54) is 4.90 Å². The third-order valence-corrected chi connectivity index (χ3v) is 11.3. The smallest absolute Gasteiger partial charge is 0.407 e. The van der Waals surface area contributed by atoms with E-state index in [4.69, 9.17) is 16.3 Å². The summed E-state index contributed by atoms with van der Waals surface area (Å²) in [4.78, 5) is 82.7. The molecule has 5 rings (SSSR count). The first-order valence-corrected chi connectivity index (χ1v) is 21.1. The highest BCUT2D eigenvalue weighted by molar-refractivity contribution is 6.30. The first-order valence-electron chi connectivity index (χ1n) is 20.7. The fraction of sp³-hybridized carbons (Fsp3) is 0.388. The summed E-state index contributed by atoms with van der Waals surface area (Å²) in [5.74, 6) is -4.61. The Bertz CT molecular complexity index is 2260. The van der Waals surface area contributed by atoms with Crippen molar-refractivity contribution < 1.29 is 38.6 Å². The molecule has 1 heterocycles. The molecule has 0 fully saturated rings. The predicted octanol–water partition coefficient (Wildman–Crippen LogP) is 9.10. The maximum Gasteiger partial charge on any atom is 0.407 e. The molecular weight excluding hydrogens is 794 g/mol. The second-order valence-electron chi connectivity index (χ2n) is 17.1. The first-order chi connectivity index (χ1) is 28.8. The van der Waals surface area contributed by atoms with Crippen molar-refractivity contribution in [3.63, 3.8) is 0 Å². The van der Waals surface area contributed by atoms with E-state index in [1.807, 2.05) is 74.5 Å². The number of ether oxygens (including phenoxy) is 1. The number of carbonyl (C=O) groups excluding carboxylic acids is 5. The SMILES string of the molecule is Cc1ccc2cc1-c1cc(ccc1C)[C@H](N(C)C(=O)[C@H](CCCCNC(=O)OC(C)(C)C)CC(=O)c1ccc(-c3ccc(Cl)cc3)cc1)C(=O)C[C@@H](C)C(=O)N[C@H](C(=O)O)C2. The van der Waals surface area contributed by atoms with Crippen LogP contribution in [0.15, 0.2) is 84.9 Å². The quantitative estimate of drug-likeness (QED) is 0.0941. The van der Waals surface area contributed by atoms with Crippen LogP contribution in [0, 0.1) is 25.7 Å². The molecule has 1 aliphatic rings. The van der Waals surface area contributed by atoms with Gasteiger partial charge in [0.2, 0.25) is 11.8 Å². The number of aliphatic carboxylic acids is 1. The number of likely N-dealkylation sites (N-methyl/N-ethyl adjacent to an activating group) is 1. The van der Waals surface area contributed by atoms with Gasteiger partial charge in [-0.2, -0.15) is 0 Å². The van der Waals surface area contributed by atoms with E-state index >= 15 is 0 Å². The van der Waals surface area contributed by atoms with E-state index in [0.29, 0.717) is 35.5 Å². The number of nitrogens with zero attached hydrogens (tertiary/aromatic N) is 1. The number of carboxylic acid groups (broad SMARTS) is 1. The molecule has 4 aromatic rings. The Morgan fingerprint density at radius 1 is 0.869 bits per heavy atom. The third kappa shape index (κ3) is 12.4. The Kier molecular flexibility index (Phi) is 15.3. The molecule has 0 radical (unpaired) electrons. The number of amides is 3. The highest BCUT2D eigenvalue weighted by Crippen LogP contribution is 2.35. The van der Waals surface area contributed by atoms with Gasteiger partial charge >= 0.3 is 12.1 Å². The van der Waals surface area contributed by atoms with Crippen molar-refractivity contribution in [2.45, 2.75) is 97.8 Å². The van der Waals surface area contributed by atoms with Crippen LogP contribution in [-0.4, -0.2) is 70.7 Å². The van der Waals surface area contributed by atoms with E-state index in [-0.39, 0.29) is 31.5 Å². The van der Waals surface area contributed by atoms with Crippen molar-refractivity contribution in [3.8, 4) is 22.3 Å². The molecule has 12 heteroatoms. The van der Waals surface area contributed by atoms with E-state index in [2.05, 4.69) is 10.6 Å². The molecule has 0 saturated carbocycles. The van der Waals surface area contributed by atoms with E-state index in [9.17, 15) is 33.9 Å². The molecule has 0 saturated heterocycles. The molecule has 3 amide bonds. The zero-order valence-corrected chi connectivity index (χ0v) is 36.7. The number of rotatable bonds is 12. The molecule has 0 aliphatic carbocycles. The summed E-state index contributed by atoms with van der Waals surface area (Å²) in [6, 6.07) is 23.4. The van der Waals surface area contributed by atoms with Crippen LogP contribution in [0.2, 0.25) is 5.02 Å². The number of ketones is 2. The molecule has 0 aromatic heterocycles. The molecule has 0 spiro atoms. The lowest BCUT2D eigenvalue weighted by Crippen LogP contribution is -2.45. The van der Waals surface area contributed by atoms with Crippen molar-refractivity contribution in [2.75, 3.05) is 13.6 Å². The van der Waals surface area contributed by atoms with Crippen LogP contribution in [0.3, 0.4) is 0 Å². The van der Waals surface area contributed by atoms with Gasteiger partial charge in [-0.3, -0.25) is 19.2 Å². The average molecular weight is 850 g/mol. The van der Waals surface area contributed by atoms with E-state index < -0.39 is 59.2 Å². The third-order valence-electron chi connectivity index (χ3n) is 11.0. The van der Waals surface area contributed by atoms with Gasteiger partial charge in [-0.15, -0.1) is 0 Å². The number of Topliss-reactive ketones (excluding diaryl/α,β-unsaturated/α-hetero) is 2. The largest absolute Gasteiger partial charge is 0.480 e. The number of hydrogen-bond acceptors (Lipinski definition) is 7. The van der Waals surface area contributed by atoms with Crippen molar-refractivity contribution in [1.82, 2.24) is 15.5 Å². The summed E-state index contributed by atoms with van der Waals surface area (Å²) < 4.78 is 5.35. The maximum atomic E-state index is 14.8. The number of fused-ring (bicyclic) bond motifs is 5. The lowest BCUT2D eigenvalue weighted by Gasteiger charge is -2.32. The van der Waals surface area contributed by atoms with Gasteiger partial charge in [0.25, 0.3) is 0 Å². The van der Waals surface area contributed by atoms with Crippen LogP contribution in [-0.2, 0) is 30.3 Å². The Morgan fingerprint density at radius 3 is 2.10 bits per heavy atom. The zero-order valence-electron chi connectivity index (χ0n) is 36.0. The van der Waals surface area contributed by atoms with Gasteiger partial charge in [0, 0.05) is 55.3 Å². The fourth-order valence-electron chi connectivity index (χ4n) is 7.65. The monoisotopic (exact) mass is 849 g/mol. The molecule has 0 unspecified atom stereocenters. The maximum absolute atomic E-state index is 14.8. The van der Waals surface area contributed by atoms with Crippen LogP contribution in [0.4, 0.5) is 4.79 Å². The van der Waals surface area contributed by atoms with Gasteiger partial charge in [-0.1, -0.05) is 91.7 Å². The van der Waals surface area contributed by atoms with Crippen molar-refractivity contribution in [2.24, 2.45) is 11.8 Å². The Labute approximate surface area is 363 Å². The van der Waals surface area contributed by atoms with Crippen molar-refractivity contribution >= 4 is 47.0 Å². The number of alkyl carbamates (subject to hydrolysis) is 1. The van der Waals surface area contributed by atoms with Crippen LogP contribution >= 0.6 is 11.6 Å². The minimum atomic E-state index is -1.22. The van der Waals surface area contributed by atoms with Gasteiger partial charge in [-0.05, 0) is 110 Å². The Hall–Kier alpha value is -5.81.